The van der Waals surface area contributed by atoms with Gasteiger partial charge in [0.15, 0.2) is 0 Å². The molecule has 0 radical (unpaired) electrons. The van der Waals surface area contributed by atoms with Crippen LogP contribution >= 0.6 is 0 Å². The first kappa shape index (κ1) is 13.8. The summed E-state index contributed by atoms with van der Waals surface area (Å²) in [6, 6.07) is 0. The molecule has 2 nitrogen and oxygen atoms in total. The van der Waals surface area contributed by atoms with Gasteiger partial charge in [0.25, 0.3) is 0 Å². The van der Waals surface area contributed by atoms with E-state index in [1.165, 1.54) is 0 Å². The van der Waals surface area contributed by atoms with Gasteiger partial charge in [0.2, 0.25) is 8.32 Å². The summed E-state index contributed by atoms with van der Waals surface area (Å²) in [5.74, 6) is 0. The second-order valence-electron chi connectivity index (χ2n) is 4.51. The van der Waals surface area contributed by atoms with E-state index >= 15 is 0 Å². The molecule has 82 valence electrons. The molecule has 0 aliphatic carbocycles. The van der Waals surface area contributed by atoms with Gasteiger partial charge in [-0.1, -0.05) is 24.5 Å². The standard InChI is InChI=1S/C10H23NOSi2/c1-7-13(3,4)11-9-10-12-14(5,6)8-2/h7-8,11H,1-2,9-10H2,3-6H3. The minimum absolute atomic E-state index is 0.773. The van der Waals surface area contributed by atoms with Crippen LogP contribution in [0.5, 0.6) is 0 Å². The summed E-state index contributed by atoms with van der Waals surface area (Å²) in [5.41, 5.74) is 4.01. The van der Waals surface area contributed by atoms with Crippen molar-refractivity contribution in [1.29, 1.82) is 0 Å². The van der Waals surface area contributed by atoms with Gasteiger partial charge in [-0.3, -0.25) is 0 Å². The molecular formula is C10H23NOSi2. The molecule has 0 aromatic carbocycles. The van der Waals surface area contributed by atoms with Gasteiger partial charge in [-0.05, 0) is 13.1 Å². The molecule has 0 saturated heterocycles. The third-order valence-corrected chi connectivity index (χ3v) is 6.27. The summed E-state index contributed by atoms with van der Waals surface area (Å²) in [6.45, 7) is 18.1. The number of hydrogen-bond acceptors (Lipinski definition) is 2. The van der Waals surface area contributed by atoms with Crippen molar-refractivity contribution in [1.82, 2.24) is 4.98 Å². The normalized spacial score (nSPS) is 12.6. The predicted octanol–water partition coefficient (Wildman–Crippen LogP) is 2.45. The molecular weight excluding hydrogens is 206 g/mol. The van der Waals surface area contributed by atoms with Crippen molar-refractivity contribution in [3.05, 3.63) is 24.6 Å². The first-order valence-electron chi connectivity index (χ1n) is 4.99. The van der Waals surface area contributed by atoms with Gasteiger partial charge in [0.1, 0.15) is 8.24 Å². The zero-order valence-corrected chi connectivity index (χ0v) is 11.9. The summed E-state index contributed by atoms with van der Waals surface area (Å²) < 4.78 is 5.76. The van der Waals surface area contributed by atoms with Crippen LogP contribution in [0, 0.1) is 0 Å². The predicted molar refractivity (Wildman–Crippen MR) is 69.3 cm³/mol. The second kappa shape index (κ2) is 5.65. The SMILES string of the molecule is C=C[Si](C)(C)NCCO[Si](C)(C)C=C. The molecule has 0 saturated carbocycles. The lowest BCUT2D eigenvalue weighted by Crippen LogP contribution is -2.45. The minimum Gasteiger partial charge on any atom is -0.412 e. The van der Waals surface area contributed by atoms with Gasteiger partial charge in [-0.15, -0.1) is 13.2 Å². The van der Waals surface area contributed by atoms with E-state index in [2.05, 4.69) is 44.3 Å². The van der Waals surface area contributed by atoms with Crippen LogP contribution in [0.15, 0.2) is 24.6 Å². The Hall–Kier alpha value is -0.166. The van der Waals surface area contributed by atoms with Crippen LogP contribution < -0.4 is 4.98 Å². The third-order valence-electron chi connectivity index (χ3n) is 2.16. The number of rotatable bonds is 7. The minimum atomic E-state index is -1.57. The topological polar surface area (TPSA) is 21.3 Å². The summed E-state index contributed by atoms with van der Waals surface area (Å²) in [4.78, 5) is 3.49. The average Bonchev–Trinajstić information content (AvgIpc) is 2.13. The summed E-state index contributed by atoms with van der Waals surface area (Å²) in [6.07, 6.45) is 0. The Morgan fingerprint density at radius 1 is 1.14 bits per heavy atom. The van der Waals surface area contributed by atoms with Crippen LogP contribution in [-0.2, 0) is 4.43 Å². The summed E-state index contributed by atoms with van der Waals surface area (Å²) in [5, 5.41) is 0. The van der Waals surface area contributed by atoms with E-state index in [1.807, 2.05) is 11.4 Å². The van der Waals surface area contributed by atoms with Crippen LogP contribution in [0.1, 0.15) is 0 Å². The van der Waals surface area contributed by atoms with Gasteiger partial charge >= 0.3 is 0 Å². The van der Waals surface area contributed by atoms with E-state index < -0.39 is 16.6 Å². The van der Waals surface area contributed by atoms with E-state index in [4.69, 9.17) is 4.43 Å². The van der Waals surface area contributed by atoms with Gasteiger partial charge in [0.05, 0.1) is 0 Å². The van der Waals surface area contributed by atoms with Gasteiger partial charge < -0.3 is 9.41 Å². The highest BCUT2D eigenvalue weighted by Crippen LogP contribution is 2.04. The van der Waals surface area contributed by atoms with Crippen LogP contribution in [0.4, 0.5) is 0 Å². The van der Waals surface area contributed by atoms with Crippen LogP contribution in [0.25, 0.3) is 0 Å². The van der Waals surface area contributed by atoms with Crippen molar-refractivity contribution in [2.75, 3.05) is 13.2 Å². The van der Waals surface area contributed by atoms with E-state index in [-0.39, 0.29) is 0 Å². The average molecular weight is 229 g/mol. The highest BCUT2D eigenvalue weighted by atomic mass is 28.4. The van der Waals surface area contributed by atoms with Crippen LogP contribution in [-0.4, -0.2) is 29.7 Å². The van der Waals surface area contributed by atoms with Gasteiger partial charge in [-0.25, -0.2) is 0 Å². The highest BCUT2D eigenvalue weighted by Gasteiger charge is 2.18. The Morgan fingerprint density at radius 2 is 1.71 bits per heavy atom. The summed E-state index contributed by atoms with van der Waals surface area (Å²) >= 11 is 0. The Kier molecular flexibility index (Phi) is 5.58. The molecule has 0 unspecified atom stereocenters. The maximum atomic E-state index is 5.76. The molecule has 0 aromatic rings. The fourth-order valence-corrected chi connectivity index (χ4v) is 2.46. The Balaban J connectivity index is 3.67. The lowest BCUT2D eigenvalue weighted by Gasteiger charge is -2.22. The molecule has 0 aromatic heterocycles. The molecule has 0 bridgehead atoms. The van der Waals surface area contributed by atoms with E-state index in [0.717, 1.165) is 13.2 Å². The molecule has 0 amide bonds. The number of nitrogens with one attached hydrogen (secondary N) is 1. The molecule has 0 spiro atoms. The van der Waals surface area contributed by atoms with Crippen molar-refractivity contribution in [2.24, 2.45) is 0 Å². The highest BCUT2D eigenvalue weighted by molar-refractivity contribution is 6.79. The van der Waals surface area contributed by atoms with Gasteiger partial charge in [-0.2, -0.15) is 0 Å². The molecule has 4 heteroatoms. The maximum absolute atomic E-state index is 5.76. The molecule has 14 heavy (non-hydrogen) atoms. The second-order valence-corrected chi connectivity index (χ2v) is 12.6. The van der Waals surface area contributed by atoms with Crippen LogP contribution in [0.3, 0.4) is 0 Å². The van der Waals surface area contributed by atoms with E-state index in [0.29, 0.717) is 0 Å². The third kappa shape index (κ3) is 6.31. The Labute approximate surface area is 90.3 Å². The van der Waals surface area contributed by atoms with Crippen molar-refractivity contribution in [2.45, 2.75) is 26.2 Å². The lowest BCUT2D eigenvalue weighted by molar-refractivity contribution is 0.320. The largest absolute Gasteiger partial charge is 0.412 e. The van der Waals surface area contributed by atoms with Gasteiger partial charge in [0, 0.05) is 13.2 Å². The first-order valence-corrected chi connectivity index (χ1v) is 11.1. The Bertz CT molecular complexity index is 180. The van der Waals surface area contributed by atoms with Crippen molar-refractivity contribution >= 4 is 16.6 Å². The molecule has 0 aliphatic heterocycles. The molecule has 0 aliphatic rings. The molecule has 0 heterocycles. The Morgan fingerprint density at radius 3 is 2.14 bits per heavy atom. The quantitative estimate of drug-likeness (QED) is 0.535. The van der Waals surface area contributed by atoms with Crippen molar-refractivity contribution in [3.8, 4) is 0 Å². The molecule has 1 N–H and O–H groups in total. The van der Waals surface area contributed by atoms with Crippen LogP contribution in [0.2, 0.25) is 26.2 Å². The zero-order valence-electron chi connectivity index (χ0n) is 9.89. The van der Waals surface area contributed by atoms with Crippen molar-refractivity contribution in [3.63, 3.8) is 0 Å². The number of hydrogen-bond donors (Lipinski definition) is 1. The smallest absolute Gasteiger partial charge is 0.210 e. The lowest BCUT2D eigenvalue weighted by atomic mass is 10.8. The fourth-order valence-electron chi connectivity index (χ4n) is 0.818. The fraction of sp³-hybridized carbons (Fsp3) is 0.600. The molecule has 0 fully saturated rings. The zero-order chi connectivity index (χ0) is 11.2. The monoisotopic (exact) mass is 229 g/mol. The van der Waals surface area contributed by atoms with E-state index in [9.17, 15) is 0 Å². The molecule has 0 rings (SSSR count). The summed E-state index contributed by atoms with van der Waals surface area (Å²) in [7, 11) is -2.93. The van der Waals surface area contributed by atoms with Crippen molar-refractivity contribution < 1.29 is 4.43 Å². The first-order chi connectivity index (χ1) is 6.33. The van der Waals surface area contributed by atoms with E-state index in [1.54, 1.807) is 0 Å². The maximum Gasteiger partial charge on any atom is 0.210 e. The molecule has 0 atom stereocenters.